The lowest BCUT2D eigenvalue weighted by molar-refractivity contribution is -0.150. The number of amides is 1. The highest BCUT2D eigenvalue weighted by Gasteiger charge is 2.48. The molecule has 6 nitrogen and oxygen atoms in total. The molecule has 2 rings (SSSR count). The molecule has 0 aromatic carbocycles. The highest BCUT2D eigenvalue weighted by atomic mass is 16.4. The van der Waals surface area contributed by atoms with Crippen LogP contribution in [0.25, 0.3) is 0 Å². The van der Waals surface area contributed by atoms with Gasteiger partial charge in [0.05, 0.1) is 11.1 Å². The number of rotatable bonds is 4. The van der Waals surface area contributed by atoms with E-state index >= 15 is 0 Å². The summed E-state index contributed by atoms with van der Waals surface area (Å²) in [6.45, 7) is 8.97. The van der Waals surface area contributed by atoms with Crippen LogP contribution in [0, 0.1) is 18.3 Å². The molecule has 1 aliphatic rings. The normalized spacial score (nSPS) is 22.0. The van der Waals surface area contributed by atoms with Crippen LogP contribution in [-0.2, 0) is 11.3 Å². The van der Waals surface area contributed by atoms with E-state index in [0.717, 1.165) is 5.69 Å². The summed E-state index contributed by atoms with van der Waals surface area (Å²) in [5, 5.41) is 13.8. The van der Waals surface area contributed by atoms with Crippen molar-refractivity contribution >= 4 is 11.9 Å². The maximum Gasteiger partial charge on any atom is 0.311 e. The Morgan fingerprint density at radius 3 is 2.62 bits per heavy atom. The number of aryl methyl sites for hydroxylation is 2. The van der Waals surface area contributed by atoms with E-state index in [-0.39, 0.29) is 18.4 Å². The Hall–Kier alpha value is -1.85. The van der Waals surface area contributed by atoms with E-state index in [1.165, 1.54) is 0 Å². The summed E-state index contributed by atoms with van der Waals surface area (Å²) in [4.78, 5) is 25.9. The molecule has 1 amide bonds. The molecule has 2 heterocycles. The SMILES string of the molecule is CCn1nc(C)cc1C(=O)N1CCC(C(=O)O)(C(C)C)C1. The van der Waals surface area contributed by atoms with Gasteiger partial charge in [0, 0.05) is 19.6 Å². The Morgan fingerprint density at radius 1 is 1.48 bits per heavy atom. The number of carboxylic acid groups (broad SMARTS) is 1. The molecule has 0 radical (unpaired) electrons. The molecule has 1 fully saturated rings. The predicted molar refractivity (Wildman–Crippen MR) is 78.1 cm³/mol. The van der Waals surface area contributed by atoms with Gasteiger partial charge in [0.1, 0.15) is 5.69 Å². The summed E-state index contributed by atoms with van der Waals surface area (Å²) in [6.07, 6.45) is 0.505. The van der Waals surface area contributed by atoms with E-state index < -0.39 is 11.4 Å². The zero-order chi connectivity index (χ0) is 15.8. The number of nitrogens with zero attached hydrogens (tertiary/aromatic N) is 3. The summed E-state index contributed by atoms with van der Waals surface area (Å²) in [5.41, 5.74) is 0.509. The minimum absolute atomic E-state index is 0.00868. The number of carboxylic acids is 1. The first-order valence-electron chi connectivity index (χ1n) is 7.39. The third-order valence-corrected chi connectivity index (χ3v) is 4.54. The average Bonchev–Trinajstić information content (AvgIpc) is 3.02. The Kier molecular flexibility index (Phi) is 4.07. The zero-order valence-electron chi connectivity index (χ0n) is 13.1. The van der Waals surface area contributed by atoms with E-state index in [4.69, 9.17) is 0 Å². The standard InChI is InChI=1S/C15H23N3O3/c1-5-18-12(8-11(4)16-18)13(19)17-7-6-15(9-17,10(2)3)14(20)21/h8,10H,5-7,9H2,1-4H3,(H,20,21). The lowest BCUT2D eigenvalue weighted by Gasteiger charge is -2.28. The molecule has 1 N–H and O–H groups in total. The summed E-state index contributed by atoms with van der Waals surface area (Å²) < 4.78 is 1.67. The minimum Gasteiger partial charge on any atom is -0.481 e. The topological polar surface area (TPSA) is 75.4 Å². The van der Waals surface area contributed by atoms with Crippen molar-refractivity contribution in [2.24, 2.45) is 11.3 Å². The van der Waals surface area contributed by atoms with Crippen LogP contribution in [0.5, 0.6) is 0 Å². The first-order chi connectivity index (χ1) is 9.81. The van der Waals surface area contributed by atoms with E-state index in [2.05, 4.69) is 5.10 Å². The molecule has 21 heavy (non-hydrogen) atoms. The van der Waals surface area contributed by atoms with Crippen LogP contribution in [0.15, 0.2) is 6.07 Å². The summed E-state index contributed by atoms with van der Waals surface area (Å²) in [7, 11) is 0. The van der Waals surface area contributed by atoms with E-state index in [1.807, 2.05) is 27.7 Å². The molecular weight excluding hydrogens is 270 g/mol. The van der Waals surface area contributed by atoms with Crippen molar-refractivity contribution in [2.45, 2.75) is 40.7 Å². The molecule has 1 aliphatic heterocycles. The maximum atomic E-state index is 12.6. The van der Waals surface area contributed by atoms with Gasteiger partial charge in [0.25, 0.3) is 5.91 Å². The van der Waals surface area contributed by atoms with Crippen LogP contribution in [0.2, 0.25) is 0 Å². The van der Waals surface area contributed by atoms with Crippen molar-refractivity contribution in [1.82, 2.24) is 14.7 Å². The van der Waals surface area contributed by atoms with Crippen LogP contribution in [0.3, 0.4) is 0 Å². The molecule has 1 atom stereocenters. The predicted octanol–water partition coefficient (Wildman–Crippen LogP) is 1.78. The van der Waals surface area contributed by atoms with Gasteiger partial charge in [0.15, 0.2) is 0 Å². The molecule has 0 aliphatic carbocycles. The fourth-order valence-corrected chi connectivity index (χ4v) is 3.02. The molecule has 0 spiro atoms. The second-order valence-electron chi connectivity index (χ2n) is 6.08. The van der Waals surface area contributed by atoms with E-state index in [9.17, 15) is 14.7 Å². The number of aliphatic carboxylic acids is 1. The van der Waals surface area contributed by atoms with Gasteiger partial charge in [-0.05, 0) is 32.3 Å². The first kappa shape index (κ1) is 15.5. The zero-order valence-corrected chi connectivity index (χ0v) is 13.1. The van der Waals surface area contributed by atoms with Crippen LogP contribution in [0.1, 0.15) is 43.4 Å². The third kappa shape index (κ3) is 2.54. The van der Waals surface area contributed by atoms with Crippen molar-refractivity contribution in [3.63, 3.8) is 0 Å². The molecule has 1 aromatic rings. The van der Waals surface area contributed by atoms with Gasteiger partial charge in [-0.3, -0.25) is 14.3 Å². The average molecular weight is 293 g/mol. The first-order valence-corrected chi connectivity index (χ1v) is 7.39. The Morgan fingerprint density at radius 2 is 2.14 bits per heavy atom. The number of hydrogen-bond donors (Lipinski definition) is 1. The number of aromatic nitrogens is 2. The number of likely N-dealkylation sites (tertiary alicyclic amines) is 1. The molecule has 6 heteroatoms. The van der Waals surface area contributed by atoms with Gasteiger partial charge in [-0.2, -0.15) is 5.10 Å². The second kappa shape index (κ2) is 5.50. The Bertz CT molecular complexity index is 565. The van der Waals surface area contributed by atoms with Crippen molar-refractivity contribution in [3.8, 4) is 0 Å². The van der Waals surface area contributed by atoms with E-state index in [1.54, 1.807) is 15.6 Å². The highest BCUT2D eigenvalue weighted by molar-refractivity contribution is 5.93. The fraction of sp³-hybridized carbons (Fsp3) is 0.667. The fourth-order valence-electron chi connectivity index (χ4n) is 3.02. The van der Waals surface area contributed by atoms with Crippen LogP contribution < -0.4 is 0 Å². The van der Waals surface area contributed by atoms with Gasteiger partial charge in [-0.25, -0.2) is 0 Å². The maximum absolute atomic E-state index is 12.6. The third-order valence-electron chi connectivity index (χ3n) is 4.54. The number of carbonyl (C=O) groups is 2. The number of carbonyl (C=O) groups excluding carboxylic acids is 1. The lowest BCUT2D eigenvalue weighted by atomic mass is 9.76. The van der Waals surface area contributed by atoms with Crippen LogP contribution >= 0.6 is 0 Å². The van der Waals surface area contributed by atoms with Crippen LogP contribution in [-0.4, -0.2) is 44.8 Å². The van der Waals surface area contributed by atoms with Crippen LogP contribution in [0.4, 0.5) is 0 Å². The molecule has 116 valence electrons. The Labute approximate surface area is 124 Å². The summed E-state index contributed by atoms with van der Waals surface area (Å²) in [5.74, 6) is -0.945. The number of hydrogen-bond acceptors (Lipinski definition) is 3. The largest absolute Gasteiger partial charge is 0.481 e. The minimum atomic E-state index is -0.832. The van der Waals surface area contributed by atoms with Gasteiger partial charge in [-0.15, -0.1) is 0 Å². The highest BCUT2D eigenvalue weighted by Crippen LogP contribution is 2.38. The lowest BCUT2D eigenvalue weighted by Crippen LogP contribution is -2.41. The van der Waals surface area contributed by atoms with Gasteiger partial charge < -0.3 is 10.0 Å². The molecule has 1 saturated heterocycles. The summed E-state index contributed by atoms with van der Waals surface area (Å²) >= 11 is 0. The molecule has 1 aromatic heterocycles. The molecule has 0 saturated carbocycles. The Balaban J connectivity index is 2.24. The smallest absolute Gasteiger partial charge is 0.311 e. The molecule has 1 unspecified atom stereocenters. The molecular formula is C15H23N3O3. The van der Waals surface area contributed by atoms with E-state index in [0.29, 0.717) is 25.2 Å². The van der Waals surface area contributed by atoms with Crippen molar-refractivity contribution in [1.29, 1.82) is 0 Å². The van der Waals surface area contributed by atoms with Crippen molar-refractivity contribution in [3.05, 3.63) is 17.5 Å². The van der Waals surface area contributed by atoms with Gasteiger partial charge >= 0.3 is 5.97 Å². The second-order valence-corrected chi connectivity index (χ2v) is 6.08. The summed E-state index contributed by atoms with van der Waals surface area (Å²) in [6, 6.07) is 1.77. The van der Waals surface area contributed by atoms with Gasteiger partial charge in [-0.1, -0.05) is 13.8 Å². The molecule has 0 bridgehead atoms. The van der Waals surface area contributed by atoms with Crippen molar-refractivity contribution < 1.29 is 14.7 Å². The monoisotopic (exact) mass is 293 g/mol. The van der Waals surface area contributed by atoms with Gasteiger partial charge in [0.2, 0.25) is 0 Å². The van der Waals surface area contributed by atoms with Crippen molar-refractivity contribution in [2.75, 3.05) is 13.1 Å². The quantitative estimate of drug-likeness (QED) is 0.918.